The zero-order valence-corrected chi connectivity index (χ0v) is 8.86. The summed E-state index contributed by atoms with van der Waals surface area (Å²) < 4.78 is 4.69. The lowest BCUT2D eigenvalue weighted by atomic mass is 10.2. The molecule has 0 aliphatic carbocycles. The standard InChI is InChI=1S/C8H15N3O5/c1-16-3-2-5(7(13)14)11-8(15)10-4-6(9)12/h5H,2-4H2,1H3,(H2,9,12)(H,13,14)(H2,10,11,15). The molecule has 3 amide bonds. The Bertz CT molecular complexity index is 268. The van der Waals surface area contributed by atoms with E-state index in [-0.39, 0.29) is 19.6 Å². The van der Waals surface area contributed by atoms with Crippen LogP contribution in [0.4, 0.5) is 4.79 Å². The van der Waals surface area contributed by atoms with E-state index in [1.165, 1.54) is 7.11 Å². The van der Waals surface area contributed by atoms with Crippen LogP contribution in [0.25, 0.3) is 0 Å². The van der Waals surface area contributed by atoms with Crippen LogP contribution in [0.5, 0.6) is 0 Å². The zero-order valence-electron chi connectivity index (χ0n) is 8.86. The Balaban J connectivity index is 4.02. The molecular formula is C8H15N3O5. The average molecular weight is 233 g/mol. The number of aliphatic carboxylic acids is 1. The number of nitrogens with one attached hydrogen (secondary N) is 2. The van der Waals surface area contributed by atoms with Gasteiger partial charge in [-0.05, 0) is 0 Å². The largest absolute Gasteiger partial charge is 0.480 e. The number of urea groups is 1. The van der Waals surface area contributed by atoms with Crippen LogP contribution in [0.2, 0.25) is 0 Å². The van der Waals surface area contributed by atoms with E-state index in [1.54, 1.807) is 0 Å². The summed E-state index contributed by atoms with van der Waals surface area (Å²) in [5, 5.41) is 13.0. The minimum absolute atomic E-state index is 0.135. The summed E-state index contributed by atoms with van der Waals surface area (Å²) in [6.45, 7) is -0.143. The number of ether oxygens (including phenoxy) is 1. The molecule has 5 N–H and O–H groups in total. The molecule has 0 fully saturated rings. The van der Waals surface area contributed by atoms with Crippen LogP contribution in [0.1, 0.15) is 6.42 Å². The van der Waals surface area contributed by atoms with Crippen LogP contribution in [0.15, 0.2) is 0 Å². The van der Waals surface area contributed by atoms with Crippen LogP contribution in [0.3, 0.4) is 0 Å². The van der Waals surface area contributed by atoms with Gasteiger partial charge in [0.1, 0.15) is 6.04 Å². The van der Waals surface area contributed by atoms with Gasteiger partial charge < -0.3 is 26.2 Å². The third-order valence-corrected chi connectivity index (χ3v) is 1.64. The third-order valence-electron chi connectivity index (χ3n) is 1.64. The van der Waals surface area contributed by atoms with E-state index in [4.69, 9.17) is 15.6 Å². The van der Waals surface area contributed by atoms with E-state index in [2.05, 4.69) is 10.6 Å². The van der Waals surface area contributed by atoms with E-state index in [0.29, 0.717) is 0 Å². The summed E-state index contributed by atoms with van der Waals surface area (Å²) in [5.74, 6) is -1.88. The number of carbonyl (C=O) groups excluding carboxylic acids is 2. The minimum atomic E-state index is -1.17. The van der Waals surface area contributed by atoms with Crippen molar-refractivity contribution in [1.82, 2.24) is 10.6 Å². The molecule has 0 aliphatic rings. The van der Waals surface area contributed by atoms with Crippen molar-refractivity contribution in [2.75, 3.05) is 20.3 Å². The Morgan fingerprint density at radius 2 is 2.06 bits per heavy atom. The van der Waals surface area contributed by atoms with Crippen molar-refractivity contribution >= 4 is 17.9 Å². The predicted octanol–water partition coefficient (Wildman–Crippen LogP) is -1.74. The lowest BCUT2D eigenvalue weighted by molar-refractivity contribution is -0.139. The molecule has 16 heavy (non-hydrogen) atoms. The predicted molar refractivity (Wildman–Crippen MR) is 53.6 cm³/mol. The molecule has 0 saturated carbocycles. The first-order valence-electron chi connectivity index (χ1n) is 4.51. The second kappa shape index (κ2) is 7.46. The van der Waals surface area contributed by atoms with Crippen molar-refractivity contribution in [3.8, 4) is 0 Å². The number of nitrogens with two attached hydrogens (primary N) is 1. The van der Waals surface area contributed by atoms with Crippen molar-refractivity contribution in [3.63, 3.8) is 0 Å². The van der Waals surface area contributed by atoms with Crippen molar-refractivity contribution < 1.29 is 24.2 Å². The van der Waals surface area contributed by atoms with Crippen molar-refractivity contribution in [2.24, 2.45) is 5.73 Å². The second-order valence-corrected chi connectivity index (χ2v) is 2.97. The molecule has 92 valence electrons. The summed E-state index contributed by atoms with van der Waals surface area (Å²) in [6, 6.07) is -1.82. The van der Waals surface area contributed by atoms with Crippen LogP contribution in [0, 0.1) is 0 Å². The average Bonchev–Trinajstić information content (AvgIpc) is 2.20. The molecule has 1 unspecified atom stereocenters. The van der Waals surface area contributed by atoms with Gasteiger partial charge in [0.25, 0.3) is 0 Å². The third kappa shape index (κ3) is 6.60. The van der Waals surface area contributed by atoms with Gasteiger partial charge >= 0.3 is 12.0 Å². The van der Waals surface area contributed by atoms with Gasteiger partial charge in [0.15, 0.2) is 0 Å². The van der Waals surface area contributed by atoms with Crippen molar-refractivity contribution in [3.05, 3.63) is 0 Å². The first-order valence-corrected chi connectivity index (χ1v) is 4.51. The van der Waals surface area contributed by atoms with E-state index < -0.39 is 23.9 Å². The Kier molecular flexibility index (Phi) is 6.61. The van der Waals surface area contributed by atoms with Crippen LogP contribution in [-0.4, -0.2) is 49.3 Å². The summed E-state index contributed by atoms with van der Waals surface area (Å²) in [7, 11) is 1.42. The first-order chi connectivity index (χ1) is 7.47. The van der Waals surface area contributed by atoms with Gasteiger partial charge in [0.2, 0.25) is 5.91 Å². The Labute approximate surface area is 92.1 Å². The lowest BCUT2D eigenvalue weighted by Gasteiger charge is -2.14. The number of carboxylic acid groups (broad SMARTS) is 1. The molecule has 0 aromatic rings. The molecule has 0 saturated heterocycles. The quantitative estimate of drug-likeness (QED) is 0.414. The maximum absolute atomic E-state index is 11.1. The Hall–Kier alpha value is -1.83. The van der Waals surface area contributed by atoms with Gasteiger partial charge in [0.05, 0.1) is 6.54 Å². The number of hydrogen-bond donors (Lipinski definition) is 4. The number of carbonyl (C=O) groups is 3. The van der Waals surface area contributed by atoms with Gasteiger partial charge in [-0.15, -0.1) is 0 Å². The Morgan fingerprint density at radius 3 is 2.50 bits per heavy atom. The molecule has 0 bridgehead atoms. The van der Waals surface area contributed by atoms with Gasteiger partial charge in [-0.2, -0.15) is 0 Å². The highest BCUT2D eigenvalue weighted by Crippen LogP contribution is 1.92. The van der Waals surface area contributed by atoms with Crippen LogP contribution < -0.4 is 16.4 Å². The fourth-order valence-corrected chi connectivity index (χ4v) is 0.870. The topological polar surface area (TPSA) is 131 Å². The molecule has 0 heterocycles. The number of hydrogen-bond acceptors (Lipinski definition) is 4. The van der Waals surface area contributed by atoms with E-state index >= 15 is 0 Å². The second-order valence-electron chi connectivity index (χ2n) is 2.97. The van der Waals surface area contributed by atoms with Gasteiger partial charge in [-0.1, -0.05) is 0 Å². The van der Waals surface area contributed by atoms with E-state index in [1.807, 2.05) is 0 Å². The molecule has 1 atom stereocenters. The highest BCUT2D eigenvalue weighted by Gasteiger charge is 2.19. The number of primary amides is 1. The summed E-state index contributed by atoms with van der Waals surface area (Å²) in [4.78, 5) is 32.1. The molecule has 8 heteroatoms. The fraction of sp³-hybridized carbons (Fsp3) is 0.625. The maximum atomic E-state index is 11.1. The molecule has 0 aromatic heterocycles. The summed E-state index contributed by atoms with van der Waals surface area (Å²) in [5.41, 5.74) is 4.79. The molecule has 0 aromatic carbocycles. The monoisotopic (exact) mass is 233 g/mol. The normalized spacial score (nSPS) is 11.6. The number of amides is 3. The van der Waals surface area contributed by atoms with E-state index in [0.717, 1.165) is 0 Å². The Morgan fingerprint density at radius 1 is 1.44 bits per heavy atom. The number of rotatable bonds is 7. The SMILES string of the molecule is COCCC(NC(=O)NCC(N)=O)C(=O)O. The van der Waals surface area contributed by atoms with Gasteiger partial charge in [-0.25, -0.2) is 9.59 Å². The van der Waals surface area contributed by atoms with E-state index in [9.17, 15) is 14.4 Å². The van der Waals surface area contributed by atoms with Crippen LogP contribution in [-0.2, 0) is 14.3 Å². The fourth-order valence-electron chi connectivity index (χ4n) is 0.870. The lowest BCUT2D eigenvalue weighted by Crippen LogP contribution is -2.48. The zero-order chi connectivity index (χ0) is 12.6. The summed E-state index contributed by atoms with van der Waals surface area (Å²) >= 11 is 0. The maximum Gasteiger partial charge on any atom is 0.326 e. The molecule has 0 aliphatic heterocycles. The molecular weight excluding hydrogens is 218 g/mol. The molecule has 0 radical (unpaired) electrons. The molecule has 0 spiro atoms. The smallest absolute Gasteiger partial charge is 0.326 e. The highest BCUT2D eigenvalue weighted by molar-refractivity contribution is 5.85. The van der Waals surface area contributed by atoms with Crippen molar-refractivity contribution in [2.45, 2.75) is 12.5 Å². The highest BCUT2D eigenvalue weighted by atomic mass is 16.5. The minimum Gasteiger partial charge on any atom is -0.480 e. The number of methoxy groups -OCH3 is 1. The molecule has 8 nitrogen and oxygen atoms in total. The van der Waals surface area contributed by atoms with Gasteiger partial charge in [0, 0.05) is 20.1 Å². The summed E-state index contributed by atoms with van der Waals surface area (Å²) in [6.07, 6.45) is 0.135. The molecule has 0 rings (SSSR count). The van der Waals surface area contributed by atoms with Gasteiger partial charge in [-0.3, -0.25) is 4.79 Å². The number of carboxylic acids is 1. The van der Waals surface area contributed by atoms with Crippen molar-refractivity contribution in [1.29, 1.82) is 0 Å². The first kappa shape index (κ1) is 14.2. The van der Waals surface area contributed by atoms with Crippen LogP contribution >= 0.6 is 0 Å².